The molecule has 1 aromatic rings. The molecule has 0 amide bonds. The highest BCUT2D eigenvalue weighted by Crippen LogP contribution is 2.36. The van der Waals surface area contributed by atoms with Crippen LogP contribution in [0.25, 0.3) is 0 Å². The number of aryl methyl sites for hydroxylation is 1. The molecule has 2 N–H and O–H groups in total. The fraction of sp³-hybridized carbons (Fsp3) is 0.571. The Balaban J connectivity index is 2.22. The van der Waals surface area contributed by atoms with E-state index in [1.165, 1.54) is 4.90 Å². The Morgan fingerprint density at radius 1 is 1.37 bits per heavy atom. The highest BCUT2D eigenvalue weighted by molar-refractivity contribution is 5.26. The predicted molar refractivity (Wildman–Crippen MR) is 68.8 cm³/mol. The summed E-state index contributed by atoms with van der Waals surface area (Å²) in [4.78, 5) is 1.51. The lowest BCUT2D eigenvalue weighted by molar-refractivity contribution is -0.152. The van der Waals surface area contributed by atoms with Gasteiger partial charge in [-0.15, -0.1) is 0 Å². The standard InChI is InChI=1S/C14H19F3N2/c1-10-3-2-4-11(7-10)13(8-18)19(12-5-6-12)9-14(15,16)17/h2-4,7,12-13H,5-6,8-9,18H2,1H3. The summed E-state index contributed by atoms with van der Waals surface area (Å²) in [6.07, 6.45) is -2.52. The highest BCUT2D eigenvalue weighted by atomic mass is 19.4. The first-order valence-electron chi connectivity index (χ1n) is 6.50. The lowest BCUT2D eigenvalue weighted by atomic mass is 10.0. The van der Waals surface area contributed by atoms with Gasteiger partial charge in [-0.2, -0.15) is 13.2 Å². The number of rotatable bonds is 5. The second-order valence-electron chi connectivity index (χ2n) is 5.18. The minimum absolute atomic E-state index is 0.0238. The van der Waals surface area contributed by atoms with Gasteiger partial charge < -0.3 is 5.73 Å². The Bertz CT molecular complexity index is 427. The van der Waals surface area contributed by atoms with E-state index in [2.05, 4.69) is 0 Å². The van der Waals surface area contributed by atoms with Gasteiger partial charge in [-0.3, -0.25) is 4.90 Å². The number of benzene rings is 1. The van der Waals surface area contributed by atoms with E-state index in [0.29, 0.717) is 0 Å². The third-order valence-corrected chi connectivity index (χ3v) is 3.43. The third-order valence-electron chi connectivity index (χ3n) is 3.43. The average molecular weight is 272 g/mol. The Kier molecular flexibility index (Phi) is 4.16. The van der Waals surface area contributed by atoms with E-state index in [-0.39, 0.29) is 18.6 Å². The zero-order chi connectivity index (χ0) is 14.0. The molecule has 0 bridgehead atoms. The van der Waals surface area contributed by atoms with Crippen LogP contribution in [0.5, 0.6) is 0 Å². The minimum Gasteiger partial charge on any atom is -0.329 e. The Hall–Kier alpha value is -1.07. The lowest BCUT2D eigenvalue weighted by Gasteiger charge is -2.32. The monoisotopic (exact) mass is 272 g/mol. The van der Waals surface area contributed by atoms with Crippen LogP contribution < -0.4 is 5.73 Å². The first-order chi connectivity index (χ1) is 8.90. The molecule has 0 saturated heterocycles. The van der Waals surface area contributed by atoms with Gasteiger partial charge in [0.25, 0.3) is 0 Å². The quantitative estimate of drug-likeness (QED) is 0.892. The average Bonchev–Trinajstić information content (AvgIpc) is 3.11. The molecule has 2 rings (SSSR count). The van der Waals surface area contributed by atoms with E-state index in [1.54, 1.807) is 0 Å². The van der Waals surface area contributed by atoms with Gasteiger partial charge >= 0.3 is 6.18 Å². The van der Waals surface area contributed by atoms with Crippen LogP contribution in [-0.2, 0) is 0 Å². The van der Waals surface area contributed by atoms with E-state index in [4.69, 9.17) is 5.73 Å². The summed E-state index contributed by atoms with van der Waals surface area (Å²) in [5, 5.41) is 0. The SMILES string of the molecule is Cc1cccc(C(CN)N(CC(F)(F)F)C2CC2)c1. The number of nitrogens with zero attached hydrogens (tertiary/aromatic N) is 1. The molecule has 2 nitrogen and oxygen atoms in total. The maximum atomic E-state index is 12.7. The molecule has 0 aliphatic heterocycles. The van der Waals surface area contributed by atoms with Crippen molar-refractivity contribution in [1.82, 2.24) is 4.90 Å². The molecule has 0 spiro atoms. The highest BCUT2D eigenvalue weighted by Gasteiger charge is 2.41. The van der Waals surface area contributed by atoms with Crippen LogP contribution in [0.2, 0.25) is 0 Å². The van der Waals surface area contributed by atoms with Crippen molar-refractivity contribution < 1.29 is 13.2 Å². The van der Waals surface area contributed by atoms with Gasteiger partial charge in [0.2, 0.25) is 0 Å². The Labute approximate surface area is 111 Å². The number of halogens is 3. The molecular weight excluding hydrogens is 253 g/mol. The first kappa shape index (κ1) is 14.3. The summed E-state index contributed by atoms with van der Waals surface area (Å²) in [5.41, 5.74) is 7.65. The lowest BCUT2D eigenvalue weighted by Crippen LogP contribution is -2.41. The van der Waals surface area contributed by atoms with Gasteiger partial charge in [0.15, 0.2) is 0 Å². The number of alkyl halides is 3. The van der Waals surface area contributed by atoms with Crippen molar-refractivity contribution in [3.63, 3.8) is 0 Å². The summed E-state index contributed by atoms with van der Waals surface area (Å²) < 4.78 is 38.1. The normalized spacial score (nSPS) is 17.8. The van der Waals surface area contributed by atoms with Gasteiger partial charge in [-0.05, 0) is 25.3 Å². The number of nitrogens with two attached hydrogens (primary N) is 1. The van der Waals surface area contributed by atoms with Gasteiger partial charge in [-0.1, -0.05) is 29.8 Å². The molecule has 1 atom stereocenters. The van der Waals surface area contributed by atoms with E-state index >= 15 is 0 Å². The molecule has 1 aromatic carbocycles. The fourth-order valence-corrected chi connectivity index (χ4v) is 2.45. The fourth-order valence-electron chi connectivity index (χ4n) is 2.45. The summed E-state index contributed by atoms with van der Waals surface area (Å²) in [6.45, 7) is 1.26. The van der Waals surface area contributed by atoms with E-state index in [1.807, 2.05) is 31.2 Å². The molecule has 1 unspecified atom stereocenters. The molecule has 1 aliphatic rings. The van der Waals surface area contributed by atoms with Crippen molar-refractivity contribution in [2.75, 3.05) is 13.1 Å². The van der Waals surface area contributed by atoms with Crippen molar-refractivity contribution in [2.24, 2.45) is 5.73 Å². The van der Waals surface area contributed by atoms with Crippen LogP contribution in [0.3, 0.4) is 0 Å². The molecule has 1 aliphatic carbocycles. The zero-order valence-electron chi connectivity index (χ0n) is 11.0. The van der Waals surface area contributed by atoms with Gasteiger partial charge in [0.05, 0.1) is 6.54 Å². The van der Waals surface area contributed by atoms with Crippen LogP contribution in [0.15, 0.2) is 24.3 Å². The summed E-state index contributed by atoms with van der Waals surface area (Å²) in [5.74, 6) is 0. The Morgan fingerprint density at radius 2 is 2.05 bits per heavy atom. The second kappa shape index (κ2) is 5.51. The maximum Gasteiger partial charge on any atom is 0.401 e. The zero-order valence-corrected chi connectivity index (χ0v) is 11.0. The molecule has 1 fully saturated rings. The maximum absolute atomic E-state index is 12.7. The van der Waals surface area contributed by atoms with E-state index in [0.717, 1.165) is 24.0 Å². The van der Waals surface area contributed by atoms with Crippen molar-refractivity contribution in [3.8, 4) is 0 Å². The predicted octanol–water partition coefficient (Wildman–Crippen LogP) is 3.02. The van der Waals surface area contributed by atoms with Crippen LogP contribution in [0, 0.1) is 6.92 Å². The van der Waals surface area contributed by atoms with Crippen LogP contribution in [0.1, 0.15) is 30.0 Å². The Morgan fingerprint density at radius 3 is 2.53 bits per heavy atom. The molecule has 1 saturated carbocycles. The molecule has 106 valence electrons. The van der Waals surface area contributed by atoms with E-state index < -0.39 is 12.7 Å². The third kappa shape index (κ3) is 3.94. The van der Waals surface area contributed by atoms with Crippen LogP contribution in [-0.4, -0.2) is 30.2 Å². The largest absolute Gasteiger partial charge is 0.401 e. The molecular formula is C14H19F3N2. The van der Waals surface area contributed by atoms with Crippen molar-refractivity contribution in [2.45, 2.75) is 38.0 Å². The minimum atomic E-state index is -4.18. The number of hydrogen-bond donors (Lipinski definition) is 1. The second-order valence-corrected chi connectivity index (χ2v) is 5.18. The molecule has 5 heteroatoms. The van der Waals surface area contributed by atoms with Gasteiger partial charge in [0, 0.05) is 18.6 Å². The smallest absolute Gasteiger partial charge is 0.329 e. The van der Waals surface area contributed by atoms with Crippen LogP contribution >= 0.6 is 0 Å². The summed E-state index contributed by atoms with van der Waals surface area (Å²) >= 11 is 0. The molecule has 0 radical (unpaired) electrons. The summed E-state index contributed by atoms with van der Waals surface area (Å²) in [7, 11) is 0. The van der Waals surface area contributed by atoms with Gasteiger partial charge in [0.1, 0.15) is 0 Å². The molecule has 0 heterocycles. The van der Waals surface area contributed by atoms with Crippen LogP contribution in [0.4, 0.5) is 13.2 Å². The van der Waals surface area contributed by atoms with E-state index in [9.17, 15) is 13.2 Å². The summed E-state index contributed by atoms with van der Waals surface area (Å²) in [6, 6.07) is 7.25. The molecule has 0 aromatic heterocycles. The van der Waals surface area contributed by atoms with Crippen molar-refractivity contribution in [1.29, 1.82) is 0 Å². The van der Waals surface area contributed by atoms with Crippen molar-refractivity contribution >= 4 is 0 Å². The first-order valence-corrected chi connectivity index (χ1v) is 6.50. The number of hydrogen-bond acceptors (Lipinski definition) is 2. The molecule has 19 heavy (non-hydrogen) atoms. The topological polar surface area (TPSA) is 29.3 Å². The van der Waals surface area contributed by atoms with Gasteiger partial charge in [-0.25, -0.2) is 0 Å². The van der Waals surface area contributed by atoms with Crippen molar-refractivity contribution in [3.05, 3.63) is 35.4 Å².